The Morgan fingerprint density at radius 2 is 1.19 bits per heavy atom. The predicted octanol–water partition coefficient (Wildman–Crippen LogP) is 6.41. The van der Waals surface area contributed by atoms with Gasteiger partial charge >= 0.3 is 12.2 Å². The number of amides is 4. The van der Waals surface area contributed by atoms with Gasteiger partial charge in [0, 0.05) is 42.7 Å². The molecule has 6 aliphatic rings. The van der Waals surface area contributed by atoms with Crippen LogP contribution in [0.1, 0.15) is 75.1 Å². The standard InChI is InChI=1S/C46H53ClN8O8/c1-60-45(58)51-38(28-5-3-15-62-22-28)43(56)54-33-17-30(33)19-35(54)41-48-21-32(49-41)26-11-7-24(8-12-26)25-9-13-27(14-10-25)37-40(47)53-42(50-37)36-20-31-18-34(31)55(36)44(57)39(52-46(59)61-2)29-6-4-16-63-23-29/h7-14,21,28-31,33-36,38-39H,3-6,15-20,22-23H2,1-2H3,(H,48,49)(H,50,53)(H,51,58)(H,52,59)/t28-,29-,30-,31-,33-,34-,35+,36+,38?,39?/m1/s1. The number of alkyl carbamates (subject to hydrolysis) is 2. The minimum absolute atomic E-state index is 0.0966. The molecule has 16 nitrogen and oxygen atoms in total. The molecule has 6 fully saturated rings. The number of nitrogens with zero attached hydrogens (tertiary/aromatic N) is 4. The highest BCUT2D eigenvalue weighted by atomic mass is 35.5. The van der Waals surface area contributed by atoms with E-state index < -0.39 is 24.3 Å². The monoisotopic (exact) mass is 880 g/mol. The number of likely N-dealkylation sites (tertiary alicyclic amines) is 2. The third-order valence-electron chi connectivity index (χ3n) is 14.1. The van der Waals surface area contributed by atoms with Crippen LogP contribution in [0.3, 0.4) is 0 Å². The highest BCUT2D eigenvalue weighted by Gasteiger charge is 2.58. The molecule has 10 atom stereocenters. The number of piperidine rings is 2. The second-order valence-corrected chi connectivity index (χ2v) is 18.3. The van der Waals surface area contributed by atoms with E-state index in [4.69, 9.17) is 40.5 Å². The van der Waals surface area contributed by atoms with Crippen molar-refractivity contribution in [2.24, 2.45) is 23.7 Å². The molecule has 63 heavy (non-hydrogen) atoms. The lowest BCUT2D eigenvalue weighted by Gasteiger charge is -2.35. The lowest BCUT2D eigenvalue weighted by atomic mass is 9.92. The Bertz CT molecular complexity index is 2340. The molecule has 10 rings (SSSR count). The number of methoxy groups -OCH3 is 2. The van der Waals surface area contributed by atoms with E-state index in [1.807, 2.05) is 40.3 Å². The summed E-state index contributed by atoms with van der Waals surface area (Å²) in [5.74, 6) is 1.64. The molecule has 2 aliphatic carbocycles. The summed E-state index contributed by atoms with van der Waals surface area (Å²) in [6, 6.07) is 14.6. The summed E-state index contributed by atoms with van der Waals surface area (Å²) < 4.78 is 21.2. The van der Waals surface area contributed by atoms with Crippen LogP contribution in [-0.2, 0) is 28.5 Å². The molecule has 2 saturated carbocycles. The van der Waals surface area contributed by atoms with E-state index in [-0.39, 0.29) is 47.8 Å². The first-order valence-corrected chi connectivity index (χ1v) is 22.6. The Balaban J connectivity index is 0.817. The summed E-state index contributed by atoms with van der Waals surface area (Å²) in [6.07, 6.45) is 7.27. The maximum absolute atomic E-state index is 14.2. The molecule has 4 N–H and O–H groups in total. The minimum Gasteiger partial charge on any atom is -0.453 e. The normalized spacial score (nSPS) is 28.0. The van der Waals surface area contributed by atoms with Gasteiger partial charge in [0.05, 0.1) is 51.4 Å². The number of ether oxygens (including phenoxy) is 4. The summed E-state index contributed by atoms with van der Waals surface area (Å²) in [7, 11) is 2.61. The lowest BCUT2D eigenvalue weighted by molar-refractivity contribution is -0.139. The van der Waals surface area contributed by atoms with E-state index in [1.54, 1.807) is 0 Å². The number of H-pyrrole nitrogens is 2. The first kappa shape index (κ1) is 41.6. The molecule has 332 valence electrons. The third-order valence-corrected chi connectivity index (χ3v) is 14.4. The number of aromatic nitrogens is 4. The molecule has 2 aromatic carbocycles. The second-order valence-electron chi connectivity index (χ2n) is 17.9. The highest BCUT2D eigenvalue weighted by molar-refractivity contribution is 6.32. The summed E-state index contributed by atoms with van der Waals surface area (Å²) in [4.78, 5) is 73.5. The first-order valence-electron chi connectivity index (χ1n) is 22.2. The van der Waals surface area contributed by atoms with Gasteiger partial charge in [-0.15, -0.1) is 0 Å². The number of halogens is 1. The van der Waals surface area contributed by atoms with E-state index in [9.17, 15) is 19.2 Å². The Morgan fingerprint density at radius 1 is 0.698 bits per heavy atom. The fraction of sp³-hybridized carbons (Fsp3) is 0.522. The summed E-state index contributed by atoms with van der Waals surface area (Å²) >= 11 is 6.82. The Morgan fingerprint density at radius 3 is 1.68 bits per heavy atom. The largest absolute Gasteiger partial charge is 0.453 e. The smallest absolute Gasteiger partial charge is 0.407 e. The molecule has 4 amide bonds. The number of fused-ring (bicyclic) bond motifs is 2. The van der Waals surface area contributed by atoms with Crippen molar-refractivity contribution in [3.8, 4) is 33.6 Å². The van der Waals surface area contributed by atoms with Gasteiger partial charge in [-0.3, -0.25) is 9.59 Å². The van der Waals surface area contributed by atoms with Crippen molar-refractivity contribution < 1.29 is 38.1 Å². The number of rotatable bonds is 11. The predicted molar refractivity (Wildman–Crippen MR) is 230 cm³/mol. The van der Waals surface area contributed by atoms with Gasteiger partial charge in [-0.25, -0.2) is 19.6 Å². The van der Waals surface area contributed by atoms with Gasteiger partial charge in [0.25, 0.3) is 0 Å². The molecule has 4 aromatic rings. The Labute approximate surface area is 370 Å². The number of carbonyl (C=O) groups excluding carboxylic acids is 4. The van der Waals surface area contributed by atoms with Crippen molar-refractivity contribution in [3.63, 3.8) is 0 Å². The topological polar surface area (TPSA) is 193 Å². The maximum atomic E-state index is 14.2. The second kappa shape index (κ2) is 17.3. The zero-order valence-corrected chi connectivity index (χ0v) is 36.1. The SMILES string of the molecule is COC(=O)NC(C(=O)N1[C@@H]2C[C@@H]2C[C@H]1c1ncc(-c2ccc(-c3ccc(-c4nc([C@@H]5C[C@H]6C[C@H]6N5C(=O)C(NC(=O)OC)[C@@H]5CCCOC5)[nH]c4Cl)cc3)cc2)[nH]1)[C@@H]1CCCOC1. The lowest BCUT2D eigenvalue weighted by Crippen LogP contribution is -2.54. The Kier molecular flexibility index (Phi) is 11.4. The quantitative estimate of drug-likeness (QED) is 0.131. The van der Waals surface area contributed by atoms with Gasteiger partial charge in [0.15, 0.2) is 0 Å². The number of benzene rings is 2. The number of aromatic amines is 2. The molecule has 2 aromatic heterocycles. The summed E-state index contributed by atoms with van der Waals surface area (Å²) in [5.41, 5.74) is 5.32. The molecular weight excluding hydrogens is 828 g/mol. The van der Waals surface area contributed by atoms with Gasteiger partial charge in [-0.1, -0.05) is 60.1 Å². The molecule has 17 heteroatoms. The first-order chi connectivity index (χ1) is 30.7. The van der Waals surface area contributed by atoms with Crippen LogP contribution in [0.15, 0.2) is 54.7 Å². The van der Waals surface area contributed by atoms with E-state index >= 15 is 0 Å². The van der Waals surface area contributed by atoms with Gasteiger partial charge in [-0.05, 0) is 79.9 Å². The molecule has 6 heterocycles. The number of imidazole rings is 2. The van der Waals surface area contributed by atoms with E-state index in [1.165, 1.54) is 14.2 Å². The average molecular weight is 881 g/mol. The van der Waals surface area contributed by atoms with Crippen LogP contribution in [0.25, 0.3) is 33.6 Å². The fourth-order valence-electron chi connectivity index (χ4n) is 10.6. The summed E-state index contributed by atoms with van der Waals surface area (Å²) in [6.45, 7) is 2.12. The van der Waals surface area contributed by atoms with Crippen molar-refractivity contribution >= 4 is 35.6 Å². The average Bonchev–Trinajstić information content (AvgIpc) is 3.97. The molecule has 4 aliphatic heterocycles. The summed E-state index contributed by atoms with van der Waals surface area (Å²) in [5, 5.41) is 6.04. The maximum Gasteiger partial charge on any atom is 0.407 e. The van der Waals surface area contributed by atoms with Crippen molar-refractivity contribution in [2.75, 3.05) is 40.6 Å². The van der Waals surface area contributed by atoms with Crippen molar-refractivity contribution in [3.05, 3.63) is 71.5 Å². The van der Waals surface area contributed by atoms with Crippen molar-refractivity contribution in [2.45, 2.75) is 87.6 Å². The van der Waals surface area contributed by atoms with Crippen LogP contribution in [0.4, 0.5) is 9.59 Å². The number of carbonyl (C=O) groups is 4. The third kappa shape index (κ3) is 8.17. The van der Waals surface area contributed by atoms with Gasteiger partial charge in [0.2, 0.25) is 11.8 Å². The van der Waals surface area contributed by atoms with Gasteiger partial charge < -0.3 is 49.3 Å². The molecule has 0 radical (unpaired) electrons. The number of hydrogen-bond donors (Lipinski definition) is 4. The molecule has 4 saturated heterocycles. The molecule has 0 spiro atoms. The van der Waals surface area contributed by atoms with E-state index in [0.29, 0.717) is 54.9 Å². The van der Waals surface area contributed by atoms with Crippen LogP contribution in [0, 0.1) is 23.7 Å². The molecular formula is C46H53ClN8O8. The molecule has 0 bridgehead atoms. The van der Waals surface area contributed by atoms with Crippen LogP contribution >= 0.6 is 11.6 Å². The zero-order chi connectivity index (χ0) is 43.4. The Hall–Kier alpha value is -5.45. The minimum atomic E-state index is -0.756. The zero-order valence-electron chi connectivity index (χ0n) is 35.4. The van der Waals surface area contributed by atoms with Crippen molar-refractivity contribution in [1.82, 2.24) is 40.4 Å². The van der Waals surface area contributed by atoms with Crippen LogP contribution < -0.4 is 10.6 Å². The fourth-order valence-corrected chi connectivity index (χ4v) is 10.8. The van der Waals surface area contributed by atoms with Gasteiger partial charge in [0.1, 0.15) is 34.6 Å². The van der Waals surface area contributed by atoms with Crippen LogP contribution in [-0.4, -0.2) is 119 Å². The van der Waals surface area contributed by atoms with E-state index in [0.717, 1.165) is 85.1 Å². The van der Waals surface area contributed by atoms with Crippen LogP contribution in [0.5, 0.6) is 0 Å². The molecule has 2 unspecified atom stereocenters. The van der Waals surface area contributed by atoms with E-state index in [2.05, 4.69) is 44.9 Å². The van der Waals surface area contributed by atoms with Crippen LogP contribution in [0.2, 0.25) is 5.15 Å². The highest BCUT2D eigenvalue weighted by Crippen LogP contribution is 2.55. The number of nitrogens with one attached hydrogen (secondary N) is 4. The van der Waals surface area contributed by atoms with Crippen molar-refractivity contribution in [1.29, 1.82) is 0 Å². The van der Waals surface area contributed by atoms with Gasteiger partial charge in [-0.2, -0.15) is 0 Å². The number of hydrogen-bond acceptors (Lipinski definition) is 10.